The maximum absolute atomic E-state index is 12.9. The van der Waals surface area contributed by atoms with E-state index in [-0.39, 0.29) is 11.9 Å². The number of rotatable bonds is 3. The Labute approximate surface area is 116 Å². The maximum atomic E-state index is 12.9. The van der Waals surface area contributed by atoms with Gasteiger partial charge in [-0.3, -0.25) is 4.98 Å². The van der Waals surface area contributed by atoms with Gasteiger partial charge >= 0.3 is 0 Å². The van der Waals surface area contributed by atoms with E-state index in [1.807, 2.05) is 31.2 Å². The molecule has 0 saturated heterocycles. The van der Waals surface area contributed by atoms with Gasteiger partial charge in [-0.1, -0.05) is 24.3 Å². The summed E-state index contributed by atoms with van der Waals surface area (Å²) in [5.41, 5.74) is 2.72. The topological polar surface area (TPSA) is 37.8 Å². The Bertz CT molecular complexity index is 725. The summed E-state index contributed by atoms with van der Waals surface area (Å²) in [7, 11) is 0. The number of nitrogens with zero attached hydrogens (tertiary/aromatic N) is 2. The van der Waals surface area contributed by atoms with Gasteiger partial charge in [-0.25, -0.2) is 9.37 Å². The Balaban J connectivity index is 1.83. The lowest BCUT2D eigenvalue weighted by Gasteiger charge is -2.15. The third-order valence-electron chi connectivity index (χ3n) is 3.18. The van der Waals surface area contributed by atoms with Gasteiger partial charge < -0.3 is 5.32 Å². The highest BCUT2D eigenvalue weighted by atomic mass is 19.1. The fourth-order valence-corrected chi connectivity index (χ4v) is 2.08. The minimum atomic E-state index is -0.230. The molecule has 0 bridgehead atoms. The molecule has 0 radical (unpaired) electrons. The van der Waals surface area contributed by atoms with Gasteiger partial charge in [0.15, 0.2) is 0 Å². The van der Waals surface area contributed by atoms with Gasteiger partial charge in [-0.2, -0.15) is 0 Å². The Morgan fingerprint density at radius 1 is 1.00 bits per heavy atom. The molecule has 0 fully saturated rings. The number of hydrogen-bond donors (Lipinski definition) is 1. The quantitative estimate of drug-likeness (QED) is 0.781. The molecule has 1 unspecified atom stereocenters. The first-order valence-electron chi connectivity index (χ1n) is 6.46. The van der Waals surface area contributed by atoms with Crippen molar-refractivity contribution in [3.05, 3.63) is 66.1 Å². The Morgan fingerprint density at radius 3 is 2.45 bits per heavy atom. The number of para-hydroxylation sites is 2. The molecule has 3 nitrogen and oxygen atoms in total. The highest BCUT2D eigenvalue weighted by Crippen LogP contribution is 2.19. The number of halogens is 1. The van der Waals surface area contributed by atoms with Crippen LogP contribution in [-0.4, -0.2) is 9.97 Å². The van der Waals surface area contributed by atoms with Gasteiger partial charge in [-0.15, -0.1) is 0 Å². The first-order chi connectivity index (χ1) is 9.72. The molecule has 1 N–H and O–H groups in total. The summed E-state index contributed by atoms with van der Waals surface area (Å²) >= 11 is 0. The summed E-state index contributed by atoms with van der Waals surface area (Å²) in [6.45, 7) is 2.00. The third kappa shape index (κ3) is 2.59. The van der Waals surface area contributed by atoms with Crippen molar-refractivity contribution in [3.63, 3.8) is 0 Å². The molecule has 0 amide bonds. The van der Waals surface area contributed by atoms with Crippen molar-refractivity contribution in [2.45, 2.75) is 13.0 Å². The van der Waals surface area contributed by atoms with Gasteiger partial charge in [-0.05, 0) is 36.8 Å². The SMILES string of the molecule is CC(Nc1cnc2ccccc2n1)c1ccc(F)cc1. The van der Waals surface area contributed by atoms with E-state index in [1.165, 1.54) is 12.1 Å². The molecule has 4 heteroatoms. The summed E-state index contributed by atoms with van der Waals surface area (Å²) < 4.78 is 12.9. The van der Waals surface area contributed by atoms with Gasteiger partial charge in [0.25, 0.3) is 0 Å². The lowest BCUT2D eigenvalue weighted by atomic mass is 10.1. The zero-order chi connectivity index (χ0) is 13.9. The molecule has 3 aromatic rings. The number of nitrogens with one attached hydrogen (secondary N) is 1. The average molecular weight is 267 g/mol. The van der Waals surface area contributed by atoms with Crippen molar-refractivity contribution in [3.8, 4) is 0 Å². The van der Waals surface area contributed by atoms with E-state index in [4.69, 9.17) is 0 Å². The normalized spacial score (nSPS) is 12.3. The van der Waals surface area contributed by atoms with E-state index in [2.05, 4.69) is 15.3 Å². The summed E-state index contributed by atoms with van der Waals surface area (Å²) in [6.07, 6.45) is 1.71. The van der Waals surface area contributed by atoms with Crippen molar-refractivity contribution in [1.82, 2.24) is 9.97 Å². The first kappa shape index (κ1) is 12.5. The second kappa shape index (κ2) is 5.25. The molecule has 1 aromatic heterocycles. The van der Waals surface area contributed by atoms with Crippen LogP contribution in [0.3, 0.4) is 0 Å². The minimum Gasteiger partial charge on any atom is -0.362 e. The van der Waals surface area contributed by atoms with Crippen LogP contribution in [0.1, 0.15) is 18.5 Å². The van der Waals surface area contributed by atoms with E-state index in [1.54, 1.807) is 18.3 Å². The molecule has 1 heterocycles. The molecule has 2 aromatic carbocycles. The summed E-state index contributed by atoms with van der Waals surface area (Å²) in [6, 6.07) is 14.2. The van der Waals surface area contributed by atoms with Crippen molar-refractivity contribution < 1.29 is 4.39 Å². The monoisotopic (exact) mass is 267 g/mol. The summed E-state index contributed by atoms with van der Waals surface area (Å²) in [5.74, 6) is 0.479. The molecule has 0 saturated carbocycles. The lowest BCUT2D eigenvalue weighted by Crippen LogP contribution is -2.08. The van der Waals surface area contributed by atoms with Crippen molar-refractivity contribution >= 4 is 16.9 Å². The summed E-state index contributed by atoms with van der Waals surface area (Å²) in [5, 5.41) is 3.27. The standard InChI is InChI=1S/C16H14FN3/c1-11(12-6-8-13(17)9-7-12)19-16-10-18-14-4-2-3-5-15(14)20-16/h2-11H,1H3,(H,19,20). The highest BCUT2D eigenvalue weighted by molar-refractivity contribution is 5.75. The highest BCUT2D eigenvalue weighted by Gasteiger charge is 2.07. The van der Waals surface area contributed by atoms with Gasteiger partial charge in [0, 0.05) is 6.04 Å². The van der Waals surface area contributed by atoms with E-state index in [0.29, 0.717) is 5.82 Å². The van der Waals surface area contributed by atoms with Crippen LogP contribution in [0, 0.1) is 5.82 Å². The summed E-state index contributed by atoms with van der Waals surface area (Å²) in [4.78, 5) is 8.87. The predicted molar refractivity (Wildman–Crippen MR) is 78.0 cm³/mol. The van der Waals surface area contributed by atoms with Crippen LogP contribution < -0.4 is 5.32 Å². The van der Waals surface area contributed by atoms with Crippen LogP contribution in [0.5, 0.6) is 0 Å². The fraction of sp³-hybridized carbons (Fsp3) is 0.125. The van der Waals surface area contributed by atoms with Crippen LogP contribution in [0.25, 0.3) is 11.0 Å². The zero-order valence-electron chi connectivity index (χ0n) is 11.0. The number of anilines is 1. The Kier molecular flexibility index (Phi) is 3.29. The van der Waals surface area contributed by atoms with Crippen LogP contribution in [-0.2, 0) is 0 Å². The molecule has 100 valence electrons. The molecule has 1 atom stereocenters. The molecular formula is C16H14FN3. The van der Waals surface area contributed by atoms with Crippen molar-refractivity contribution in [2.24, 2.45) is 0 Å². The van der Waals surface area contributed by atoms with Crippen LogP contribution in [0.15, 0.2) is 54.7 Å². The number of benzene rings is 2. The van der Waals surface area contributed by atoms with Crippen LogP contribution >= 0.6 is 0 Å². The van der Waals surface area contributed by atoms with E-state index >= 15 is 0 Å². The number of hydrogen-bond acceptors (Lipinski definition) is 3. The third-order valence-corrected chi connectivity index (χ3v) is 3.18. The van der Waals surface area contributed by atoms with Crippen molar-refractivity contribution in [1.29, 1.82) is 0 Å². The van der Waals surface area contributed by atoms with Gasteiger partial charge in [0.2, 0.25) is 0 Å². The lowest BCUT2D eigenvalue weighted by molar-refractivity contribution is 0.626. The fourth-order valence-electron chi connectivity index (χ4n) is 2.08. The first-order valence-corrected chi connectivity index (χ1v) is 6.46. The molecule has 3 rings (SSSR count). The minimum absolute atomic E-state index is 0.0334. The average Bonchev–Trinajstić information content (AvgIpc) is 2.48. The number of fused-ring (bicyclic) bond motifs is 1. The second-order valence-electron chi connectivity index (χ2n) is 4.66. The van der Waals surface area contributed by atoms with E-state index in [0.717, 1.165) is 16.6 Å². The number of aromatic nitrogens is 2. The smallest absolute Gasteiger partial charge is 0.145 e. The molecule has 0 spiro atoms. The zero-order valence-corrected chi connectivity index (χ0v) is 11.0. The van der Waals surface area contributed by atoms with Gasteiger partial charge in [0.1, 0.15) is 11.6 Å². The molecular weight excluding hydrogens is 253 g/mol. The van der Waals surface area contributed by atoms with Crippen LogP contribution in [0.4, 0.5) is 10.2 Å². The molecule has 0 aliphatic rings. The van der Waals surface area contributed by atoms with E-state index in [9.17, 15) is 4.39 Å². The largest absolute Gasteiger partial charge is 0.362 e. The van der Waals surface area contributed by atoms with E-state index < -0.39 is 0 Å². The van der Waals surface area contributed by atoms with Crippen molar-refractivity contribution in [2.75, 3.05) is 5.32 Å². The Hall–Kier alpha value is -2.49. The van der Waals surface area contributed by atoms with Gasteiger partial charge in [0.05, 0.1) is 17.2 Å². The Morgan fingerprint density at radius 2 is 1.70 bits per heavy atom. The second-order valence-corrected chi connectivity index (χ2v) is 4.66. The molecule has 0 aliphatic carbocycles. The predicted octanol–water partition coefficient (Wildman–Crippen LogP) is 3.94. The van der Waals surface area contributed by atoms with Crippen LogP contribution in [0.2, 0.25) is 0 Å². The molecule has 20 heavy (non-hydrogen) atoms. The molecule has 0 aliphatic heterocycles. The maximum Gasteiger partial charge on any atom is 0.145 e.